The fraction of sp³-hybridized carbons (Fsp3) is 0.100. The quantitative estimate of drug-likeness (QED) is 0.417. The van der Waals surface area contributed by atoms with Crippen molar-refractivity contribution in [3.63, 3.8) is 0 Å². The highest BCUT2D eigenvalue weighted by molar-refractivity contribution is 5.45. The smallest absolute Gasteiger partial charge is 0.310 e. The molecule has 0 atom stereocenters. The number of hydrogen-bond acceptors (Lipinski definition) is 3. The molecule has 0 heterocycles. The van der Waals surface area contributed by atoms with Crippen LogP contribution in [0.2, 0.25) is 0 Å². The molecule has 0 aliphatic rings. The molecule has 0 unspecified atom stereocenters. The van der Waals surface area contributed by atoms with Gasteiger partial charge in [0.1, 0.15) is 6.61 Å². The van der Waals surface area contributed by atoms with E-state index in [1.807, 2.05) is 0 Å². The molecule has 0 N–H and O–H groups in total. The monoisotopic (exact) mass is 191 g/mol. The van der Waals surface area contributed by atoms with Crippen LogP contribution in [-0.4, -0.2) is 11.5 Å². The zero-order valence-corrected chi connectivity index (χ0v) is 7.47. The van der Waals surface area contributed by atoms with Crippen LogP contribution in [0.5, 0.6) is 5.75 Å². The van der Waals surface area contributed by atoms with Gasteiger partial charge in [-0.05, 0) is 12.1 Å². The third kappa shape index (κ3) is 2.47. The van der Waals surface area contributed by atoms with Crippen LogP contribution in [0.4, 0.5) is 5.69 Å². The van der Waals surface area contributed by atoms with Crippen LogP contribution in [-0.2, 0) is 0 Å². The Hall–Kier alpha value is -2.06. The average molecular weight is 191 g/mol. The Labute approximate surface area is 81.3 Å². The van der Waals surface area contributed by atoms with Gasteiger partial charge in [0, 0.05) is 6.07 Å². The predicted molar refractivity (Wildman–Crippen MR) is 52.3 cm³/mol. The summed E-state index contributed by atoms with van der Waals surface area (Å²) >= 11 is 0. The number of hydrogen-bond donors (Lipinski definition) is 0. The molecular formula is C10H9NO3. The largest absolute Gasteiger partial charge is 0.482 e. The summed E-state index contributed by atoms with van der Waals surface area (Å²) in [5, 5.41) is 10.5. The van der Waals surface area contributed by atoms with Crippen LogP contribution in [0.15, 0.2) is 42.7 Å². The van der Waals surface area contributed by atoms with Crippen LogP contribution >= 0.6 is 0 Å². The molecule has 72 valence electrons. The number of para-hydroxylation sites is 2. The number of ether oxygens (including phenoxy) is 1. The Balaban J connectivity index is 2.84. The Morgan fingerprint density at radius 1 is 1.57 bits per heavy atom. The standard InChI is InChI=1S/C10H9NO3/c1-2-3-8-14-10-7-5-4-6-9(10)11(12)13/h3-7H,1,8H2. The summed E-state index contributed by atoms with van der Waals surface area (Å²) in [6, 6.07) is 6.22. The predicted octanol–water partition coefficient (Wildman–Crippen LogP) is 2.31. The molecule has 0 amide bonds. The Bertz CT molecular complexity index is 381. The molecule has 0 aliphatic heterocycles. The molecule has 14 heavy (non-hydrogen) atoms. The van der Waals surface area contributed by atoms with Gasteiger partial charge in [-0.15, -0.1) is 5.73 Å². The normalized spacial score (nSPS) is 8.86. The molecule has 1 aromatic rings. The molecule has 0 saturated carbocycles. The van der Waals surface area contributed by atoms with Crippen molar-refractivity contribution in [2.75, 3.05) is 6.61 Å². The molecule has 1 aromatic carbocycles. The minimum atomic E-state index is -0.479. The lowest BCUT2D eigenvalue weighted by Crippen LogP contribution is -1.97. The van der Waals surface area contributed by atoms with Crippen LogP contribution in [0, 0.1) is 10.1 Å². The maximum absolute atomic E-state index is 10.5. The minimum Gasteiger partial charge on any atom is -0.482 e. The average Bonchev–Trinajstić information content (AvgIpc) is 2.19. The first-order chi connectivity index (χ1) is 6.75. The van der Waals surface area contributed by atoms with Crippen molar-refractivity contribution < 1.29 is 9.66 Å². The van der Waals surface area contributed by atoms with E-state index in [2.05, 4.69) is 12.3 Å². The molecule has 1 rings (SSSR count). The molecule has 0 radical (unpaired) electrons. The van der Waals surface area contributed by atoms with Gasteiger partial charge in [0.2, 0.25) is 0 Å². The summed E-state index contributed by atoms with van der Waals surface area (Å²) in [5.41, 5.74) is 2.48. The molecule has 4 nitrogen and oxygen atoms in total. The zero-order valence-electron chi connectivity index (χ0n) is 7.47. The number of nitrogens with zero attached hydrogens (tertiary/aromatic N) is 1. The van der Waals surface area contributed by atoms with Gasteiger partial charge in [-0.1, -0.05) is 18.7 Å². The van der Waals surface area contributed by atoms with E-state index in [4.69, 9.17) is 4.74 Å². The van der Waals surface area contributed by atoms with Gasteiger partial charge in [-0.3, -0.25) is 10.1 Å². The van der Waals surface area contributed by atoms with Gasteiger partial charge < -0.3 is 4.74 Å². The molecule has 0 aromatic heterocycles. The highest BCUT2D eigenvalue weighted by Crippen LogP contribution is 2.25. The van der Waals surface area contributed by atoms with Gasteiger partial charge in [0.25, 0.3) is 0 Å². The van der Waals surface area contributed by atoms with Crippen molar-refractivity contribution in [3.8, 4) is 5.75 Å². The van der Waals surface area contributed by atoms with Crippen LogP contribution in [0.25, 0.3) is 0 Å². The lowest BCUT2D eigenvalue weighted by molar-refractivity contribution is -0.385. The topological polar surface area (TPSA) is 52.4 Å². The summed E-state index contributed by atoms with van der Waals surface area (Å²) in [6.45, 7) is 3.59. The molecule has 4 heteroatoms. The lowest BCUT2D eigenvalue weighted by Gasteiger charge is -2.02. The first-order valence-electron chi connectivity index (χ1n) is 3.96. The molecule has 0 spiro atoms. The fourth-order valence-corrected chi connectivity index (χ4v) is 0.920. The second-order valence-corrected chi connectivity index (χ2v) is 2.44. The summed E-state index contributed by atoms with van der Waals surface area (Å²) < 4.78 is 5.14. The Morgan fingerprint density at radius 2 is 2.29 bits per heavy atom. The van der Waals surface area contributed by atoms with E-state index < -0.39 is 4.92 Å². The highest BCUT2D eigenvalue weighted by atomic mass is 16.6. The second-order valence-electron chi connectivity index (χ2n) is 2.44. The van der Waals surface area contributed by atoms with E-state index in [9.17, 15) is 10.1 Å². The number of nitro benzene ring substituents is 1. The Morgan fingerprint density at radius 3 is 2.93 bits per heavy atom. The van der Waals surface area contributed by atoms with Gasteiger partial charge in [-0.25, -0.2) is 0 Å². The van der Waals surface area contributed by atoms with E-state index in [-0.39, 0.29) is 18.0 Å². The summed E-state index contributed by atoms with van der Waals surface area (Å²) in [5.74, 6) is 0.254. The minimum absolute atomic E-state index is 0.0371. The lowest BCUT2D eigenvalue weighted by atomic mass is 10.3. The van der Waals surface area contributed by atoms with E-state index in [1.165, 1.54) is 6.07 Å². The van der Waals surface area contributed by atoms with Crippen molar-refractivity contribution in [1.29, 1.82) is 0 Å². The highest BCUT2D eigenvalue weighted by Gasteiger charge is 2.12. The summed E-state index contributed by atoms with van der Waals surface area (Å²) in [7, 11) is 0. The van der Waals surface area contributed by atoms with Crippen LogP contribution in [0.1, 0.15) is 0 Å². The zero-order chi connectivity index (χ0) is 10.4. The molecular weight excluding hydrogens is 182 g/mol. The third-order valence-electron chi connectivity index (χ3n) is 1.53. The molecule has 0 aliphatic carbocycles. The summed E-state index contributed by atoms with van der Waals surface area (Å²) in [4.78, 5) is 10.1. The van der Waals surface area contributed by atoms with Gasteiger partial charge in [0.15, 0.2) is 5.75 Å². The SMILES string of the molecule is C=C=CCOc1ccccc1[N+](=O)[O-]. The van der Waals surface area contributed by atoms with Crippen molar-refractivity contribution in [3.05, 3.63) is 52.8 Å². The summed E-state index contributed by atoms with van der Waals surface area (Å²) in [6.07, 6.45) is 1.55. The van der Waals surface area contributed by atoms with Crippen molar-refractivity contribution in [2.45, 2.75) is 0 Å². The number of nitro groups is 1. The molecule has 0 saturated heterocycles. The van der Waals surface area contributed by atoms with Gasteiger partial charge in [0.05, 0.1) is 4.92 Å². The first-order valence-corrected chi connectivity index (χ1v) is 3.96. The number of benzene rings is 1. The van der Waals surface area contributed by atoms with Crippen molar-refractivity contribution in [1.82, 2.24) is 0 Å². The first kappa shape index (κ1) is 10.0. The van der Waals surface area contributed by atoms with Gasteiger partial charge in [-0.2, -0.15) is 0 Å². The molecule has 0 fully saturated rings. The Kier molecular flexibility index (Phi) is 3.47. The van der Waals surface area contributed by atoms with Crippen molar-refractivity contribution in [2.24, 2.45) is 0 Å². The second kappa shape index (κ2) is 4.84. The van der Waals surface area contributed by atoms with E-state index in [1.54, 1.807) is 24.3 Å². The maximum atomic E-state index is 10.5. The number of rotatable bonds is 4. The van der Waals surface area contributed by atoms with Crippen LogP contribution in [0.3, 0.4) is 0 Å². The third-order valence-corrected chi connectivity index (χ3v) is 1.53. The van der Waals surface area contributed by atoms with Gasteiger partial charge >= 0.3 is 5.69 Å². The maximum Gasteiger partial charge on any atom is 0.310 e. The van der Waals surface area contributed by atoms with E-state index >= 15 is 0 Å². The van der Waals surface area contributed by atoms with Crippen LogP contribution < -0.4 is 4.74 Å². The fourth-order valence-electron chi connectivity index (χ4n) is 0.920. The van der Waals surface area contributed by atoms with E-state index in [0.717, 1.165) is 0 Å². The van der Waals surface area contributed by atoms with E-state index in [0.29, 0.717) is 0 Å². The molecule has 0 bridgehead atoms. The van der Waals surface area contributed by atoms with Crippen molar-refractivity contribution >= 4 is 5.69 Å².